The van der Waals surface area contributed by atoms with Crippen molar-refractivity contribution in [2.75, 3.05) is 40.0 Å². The molecule has 0 bridgehead atoms. The van der Waals surface area contributed by atoms with Gasteiger partial charge in [-0.3, -0.25) is 4.90 Å². The van der Waals surface area contributed by atoms with E-state index in [1.54, 1.807) is 7.11 Å². The van der Waals surface area contributed by atoms with E-state index in [4.69, 9.17) is 9.47 Å². The number of morpholine rings is 1. The third-order valence-electron chi connectivity index (χ3n) is 7.06. The molecule has 2 aromatic rings. The van der Waals surface area contributed by atoms with Crippen LogP contribution < -0.4 is 4.74 Å². The van der Waals surface area contributed by atoms with Crippen LogP contribution >= 0.6 is 0 Å². The molecular weight excluding hydrogens is 374 g/mol. The van der Waals surface area contributed by atoms with E-state index in [0.29, 0.717) is 0 Å². The monoisotopic (exact) mass is 409 g/mol. The fraction of sp³-hybridized carbons (Fsp3) is 0.538. The summed E-state index contributed by atoms with van der Waals surface area (Å²) in [6.45, 7) is 4.23. The van der Waals surface area contributed by atoms with Gasteiger partial charge in [0.15, 0.2) is 0 Å². The van der Waals surface area contributed by atoms with Crippen molar-refractivity contribution in [3.8, 4) is 5.75 Å². The molecule has 1 heterocycles. The van der Waals surface area contributed by atoms with Crippen molar-refractivity contribution < 1.29 is 14.6 Å². The predicted octanol–water partition coefficient (Wildman–Crippen LogP) is 4.58. The zero-order chi connectivity index (χ0) is 20.8. The van der Waals surface area contributed by atoms with Gasteiger partial charge in [-0.05, 0) is 42.0 Å². The summed E-state index contributed by atoms with van der Waals surface area (Å²) in [4.78, 5) is 2.46. The summed E-state index contributed by atoms with van der Waals surface area (Å²) < 4.78 is 11.0. The summed E-state index contributed by atoms with van der Waals surface area (Å²) in [5.74, 6) is 1.09. The Morgan fingerprint density at radius 1 is 1.00 bits per heavy atom. The number of ether oxygens (including phenoxy) is 2. The van der Waals surface area contributed by atoms with E-state index in [1.165, 1.54) is 24.8 Å². The SMILES string of the molecule is COc1ccc([C@@](O)(C2CCCCC2)[C@H](CN2CCOCC2)c2ccccc2)cc1. The molecule has 2 aromatic carbocycles. The first-order valence-electron chi connectivity index (χ1n) is 11.4. The van der Waals surface area contributed by atoms with Crippen LogP contribution in [0.3, 0.4) is 0 Å². The summed E-state index contributed by atoms with van der Waals surface area (Å²) >= 11 is 0. The van der Waals surface area contributed by atoms with E-state index in [0.717, 1.165) is 57.0 Å². The van der Waals surface area contributed by atoms with Crippen LogP contribution in [0.1, 0.15) is 49.1 Å². The van der Waals surface area contributed by atoms with Crippen LogP contribution in [0.4, 0.5) is 0 Å². The average Bonchev–Trinajstić information content (AvgIpc) is 2.84. The quantitative estimate of drug-likeness (QED) is 0.727. The first-order valence-corrected chi connectivity index (χ1v) is 11.4. The third-order valence-corrected chi connectivity index (χ3v) is 7.06. The molecule has 1 saturated carbocycles. The second kappa shape index (κ2) is 9.95. The zero-order valence-electron chi connectivity index (χ0n) is 18.1. The fourth-order valence-electron chi connectivity index (χ4n) is 5.35. The highest BCUT2D eigenvalue weighted by atomic mass is 16.5. The molecule has 1 N–H and O–H groups in total. The van der Waals surface area contributed by atoms with E-state index >= 15 is 0 Å². The minimum Gasteiger partial charge on any atom is -0.497 e. The van der Waals surface area contributed by atoms with Gasteiger partial charge in [0, 0.05) is 25.6 Å². The Hall–Kier alpha value is -1.88. The van der Waals surface area contributed by atoms with Gasteiger partial charge in [0.25, 0.3) is 0 Å². The Labute approximate surface area is 180 Å². The lowest BCUT2D eigenvalue weighted by molar-refractivity contribution is -0.0758. The van der Waals surface area contributed by atoms with Gasteiger partial charge in [-0.15, -0.1) is 0 Å². The minimum atomic E-state index is -0.910. The van der Waals surface area contributed by atoms with Crippen LogP contribution in [0.15, 0.2) is 54.6 Å². The molecule has 0 amide bonds. The van der Waals surface area contributed by atoms with Crippen LogP contribution in [0.25, 0.3) is 0 Å². The number of hydrogen-bond donors (Lipinski definition) is 1. The molecule has 2 fully saturated rings. The lowest BCUT2D eigenvalue weighted by Gasteiger charge is -2.46. The van der Waals surface area contributed by atoms with Crippen LogP contribution in [0.2, 0.25) is 0 Å². The number of rotatable bonds is 7. The van der Waals surface area contributed by atoms with E-state index < -0.39 is 5.60 Å². The largest absolute Gasteiger partial charge is 0.497 e. The van der Waals surface area contributed by atoms with Crippen molar-refractivity contribution in [1.29, 1.82) is 0 Å². The first kappa shape index (κ1) is 21.4. The summed E-state index contributed by atoms with van der Waals surface area (Å²) in [5, 5.41) is 12.6. The van der Waals surface area contributed by atoms with Crippen molar-refractivity contribution in [3.05, 3.63) is 65.7 Å². The Bertz CT molecular complexity index is 767. The molecule has 0 unspecified atom stereocenters. The van der Waals surface area contributed by atoms with Crippen LogP contribution in [0.5, 0.6) is 5.75 Å². The summed E-state index contributed by atoms with van der Waals surface area (Å²) in [6, 6.07) is 18.7. The van der Waals surface area contributed by atoms with Gasteiger partial charge in [0.2, 0.25) is 0 Å². The molecular formula is C26H35NO3. The van der Waals surface area contributed by atoms with Gasteiger partial charge in [-0.1, -0.05) is 61.7 Å². The minimum absolute atomic E-state index is 0.00768. The third kappa shape index (κ3) is 4.56. The summed E-state index contributed by atoms with van der Waals surface area (Å²) in [6.07, 6.45) is 5.82. The van der Waals surface area contributed by atoms with Gasteiger partial charge in [-0.25, -0.2) is 0 Å². The average molecular weight is 410 g/mol. The zero-order valence-corrected chi connectivity index (χ0v) is 18.1. The van der Waals surface area contributed by atoms with Crippen molar-refractivity contribution in [3.63, 3.8) is 0 Å². The van der Waals surface area contributed by atoms with E-state index in [1.807, 2.05) is 12.1 Å². The van der Waals surface area contributed by atoms with Crippen molar-refractivity contribution in [2.45, 2.75) is 43.6 Å². The van der Waals surface area contributed by atoms with Gasteiger partial charge in [0.05, 0.1) is 20.3 Å². The molecule has 4 rings (SSSR count). The maximum absolute atomic E-state index is 12.6. The topological polar surface area (TPSA) is 41.9 Å². The molecule has 1 saturated heterocycles. The standard InChI is InChI=1S/C26H35NO3/c1-29-24-14-12-23(13-15-24)26(28,22-10-6-3-7-11-22)25(21-8-4-2-5-9-21)20-27-16-18-30-19-17-27/h2,4-5,8-9,12-15,22,25,28H,3,6-7,10-11,16-20H2,1H3/t25-,26+/m1/s1. The summed E-state index contributed by atoms with van der Waals surface area (Å²) in [7, 11) is 1.69. The van der Waals surface area contributed by atoms with E-state index in [9.17, 15) is 5.11 Å². The number of benzene rings is 2. The highest BCUT2D eigenvalue weighted by molar-refractivity contribution is 5.36. The molecule has 4 nitrogen and oxygen atoms in total. The molecule has 30 heavy (non-hydrogen) atoms. The maximum Gasteiger partial charge on any atom is 0.118 e. The molecule has 2 atom stereocenters. The lowest BCUT2D eigenvalue weighted by Crippen LogP contribution is -2.48. The second-order valence-corrected chi connectivity index (χ2v) is 8.77. The highest BCUT2D eigenvalue weighted by Gasteiger charge is 2.46. The number of hydrogen-bond acceptors (Lipinski definition) is 4. The molecule has 4 heteroatoms. The molecule has 2 aliphatic rings. The predicted molar refractivity (Wildman–Crippen MR) is 120 cm³/mol. The van der Waals surface area contributed by atoms with E-state index in [-0.39, 0.29) is 11.8 Å². The Morgan fingerprint density at radius 2 is 1.67 bits per heavy atom. The second-order valence-electron chi connectivity index (χ2n) is 8.77. The molecule has 162 valence electrons. The fourth-order valence-corrected chi connectivity index (χ4v) is 5.35. The van der Waals surface area contributed by atoms with Crippen LogP contribution in [-0.4, -0.2) is 50.0 Å². The van der Waals surface area contributed by atoms with Gasteiger partial charge in [-0.2, -0.15) is 0 Å². The maximum atomic E-state index is 12.6. The Balaban J connectivity index is 1.76. The smallest absolute Gasteiger partial charge is 0.118 e. The van der Waals surface area contributed by atoms with Crippen molar-refractivity contribution in [2.24, 2.45) is 5.92 Å². The Kier molecular flexibility index (Phi) is 7.08. The molecule has 0 aromatic heterocycles. The number of methoxy groups -OCH3 is 1. The van der Waals surface area contributed by atoms with Crippen molar-refractivity contribution >= 4 is 0 Å². The van der Waals surface area contributed by atoms with Gasteiger partial charge < -0.3 is 14.6 Å². The number of nitrogens with zero attached hydrogens (tertiary/aromatic N) is 1. The number of aliphatic hydroxyl groups is 1. The van der Waals surface area contributed by atoms with Crippen molar-refractivity contribution in [1.82, 2.24) is 4.90 Å². The van der Waals surface area contributed by atoms with Gasteiger partial charge in [0.1, 0.15) is 11.4 Å². The molecule has 0 radical (unpaired) electrons. The first-order chi connectivity index (χ1) is 14.7. The van der Waals surface area contributed by atoms with Crippen LogP contribution in [-0.2, 0) is 10.3 Å². The summed E-state index contributed by atoms with van der Waals surface area (Å²) in [5.41, 5.74) is 1.32. The highest BCUT2D eigenvalue weighted by Crippen LogP contribution is 2.48. The Morgan fingerprint density at radius 3 is 2.30 bits per heavy atom. The lowest BCUT2D eigenvalue weighted by atomic mass is 9.65. The normalized spacial score (nSPS) is 21.7. The van der Waals surface area contributed by atoms with Crippen LogP contribution in [0, 0.1) is 5.92 Å². The van der Waals surface area contributed by atoms with E-state index in [2.05, 4.69) is 47.4 Å². The molecule has 1 aliphatic heterocycles. The molecule has 1 aliphatic carbocycles. The molecule has 0 spiro atoms. The van der Waals surface area contributed by atoms with Gasteiger partial charge >= 0.3 is 0 Å².